The second-order valence-corrected chi connectivity index (χ2v) is 5.99. The van der Waals surface area contributed by atoms with Gasteiger partial charge >= 0.3 is 0 Å². The molecule has 0 aromatic rings. The summed E-state index contributed by atoms with van der Waals surface area (Å²) in [5, 5.41) is 8.88. The van der Waals surface area contributed by atoms with Crippen LogP contribution in [0.5, 0.6) is 0 Å². The van der Waals surface area contributed by atoms with Gasteiger partial charge in [0.25, 0.3) is 0 Å². The summed E-state index contributed by atoms with van der Waals surface area (Å²) in [7, 11) is 0. The zero-order valence-corrected chi connectivity index (χ0v) is 14.1. The minimum atomic E-state index is -0.135. The van der Waals surface area contributed by atoms with Gasteiger partial charge in [0.05, 0.1) is 44.2 Å². The molecule has 122 valence electrons. The van der Waals surface area contributed by atoms with Crippen molar-refractivity contribution >= 4 is 0 Å². The fourth-order valence-corrected chi connectivity index (χ4v) is 1.88. The SMILES string of the molecule is CCCC(OC(C)COC(C)COC(C)CO)C(C)C. The van der Waals surface area contributed by atoms with E-state index in [4.69, 9.17) is 19.3 Å². The molecule has 0 aliphatic heterocycles. The van der Waals surface area contributed by atoms with Crippen molar-refractivity contribution in [3.63, 3.8) is 0 Å². The van der Waals surface area contributed by atoms with E-state index in [2.05, 4.69) is 27.7 Å². The number of ether oxygens (including phenoxy) is 3. The summed E-state index contributed by atoms with van der Waals surface area (Å²) >= 11 is 0. The normalized spacial score (nSPS) is 18.0. The third-order valence-electron chi connectivity index (χ3n) is 3.21. The van der Waals surface area contributed by atoms with Crippen LogP contribution in [0.25, 0.3) is 0 Å². The number of hydrogen-bond acceptors (Lipinski definition) is 4. The summed E-state index contributed by atoms with van der Waals surface area (Å²) < 4.78 is 17.2. The molecule has 4 atom stereocenters. The Hall–Kier alpha value is -0.160. The lowest BCUT2D eigenvalue weighted by atomic mass is 10.0. The van der Waals surface area contributed by atoms with E-state index in [0.29, 0.717) is 25.2 Å². The fourth-order valence-electron chi connectivity index (χ4n) is 1.88. The highest BCUT2D eigenvalue weighted by Gasteiger charge is 2.17. The van der Waals surface area contributed by atoms with Gasteiger partial charge in [0.15, 0.2) is 0 Å². The Morgan fingerprint density at radius 1 is 0.850 bits per heavy atom. The molecule has 0 aromatic heterocycles. The first kappa shape index (κ1) is 19.8. The molecular weight excluding hydrogens is 256 g/mol. The summed E-state index contributed by atoms with van der Waals surface area (Å²) in [4.78, 5) is 0. The lowest BCUT2D eigenvalue weighted by molar-refractivity contribution is -0.0989. The highest BCUT2D eigenvalue weighted by molar-refractivity contribution is 4.64. The quantitative estimate of drug-likeness (QED) is 0.600. The Bertz CT molecular complexity index is 221. The van der Waals surface area contributed by atoms with Crippen molar-refractivity contribution in [1.82, 2.24) is 0 Å². The van der Waals surface area contributed by atoms with Gasteiger partial charge in [-0.3, -0.25) is 0 Å². The minimum absolute atomic E-state index is 0.0127. The first-order valence-electron chi connectivity index (χ1n) is 7.90. The van der Waals surface area contributed by atoms with Gasteiger partial charge in [-0.05, 0) is 33.1 Å². The first-order valence-corrected chi connectivity index (χ1v) is 7.90. The van der Waals surface area contributed by atoms with Crippen molar-refractivity contribution < 1.29 is 19.3 Å². The molecule has 4 heteroatoms. The Kier molecular flexibility index (Phi) is 11.4. The van der Waals surface area contributed by atoms with Gasteiger partial charge < -0.3 is 19.3 Å². The van der Waals surface area contributed by atoms with Crippen molar-refractivity contribution in [2.75, 3.05) is 19.8 Å². The van der Waals surface area contributed by atoms with Gasteiger partial charge in [0.2, 0.25) is 0 Å². The largest absolute Gasteiger partial charge is 0.394 e. The Morgan fingerprint density at radius 3 is 1.90 bits per heavy atom. The molecule has 0 saturated heterocycles. The van der Waals surface area contributed by atoms with Gasteiger partial charge in [0.1, 0.15) is 0 Å². The van der Waals surface area contributed by atoms with Crippen LogP contribution in [0.2, 0.25) is 0 Å². The molecule has 0 fully saturated rings. The smallest absolute Gasteiger partial charge is 0.0784 e. The molecule has 0 saturated carbocycles. The molecule has 4 unspecified atom stereocenters. The molecule has 0 aliphatic rings. The topological polar surface area (TPSA) is 47.9 Å². The molecule has 0 spiro atoms. The van der Waals surface area contributed by atoms with Crippen LogP contribution in [-0.4, -0.2) is 49.3 Å². The van der Waals surface area contributed by atoms with E-state index in [1.807, 2.05) is 13.8 Å². The zero-order valence-electron chi connectivity index (χ0n) is 14.1. The summed E-state index contributed by atoms with van der Waals surface area (Å²) in [6.07, 6.45) is 2.50. The monoisotopic (exact) mass is 290 g/mol. The van der Waals surface area contributed by atoms with Crippen molar-refractivity contribution in [2.24, 2.45) is 5.92 Å². The molecule has 4 nitrogen and oxygen atoms in total. The van der Waals surface area contributed by atoms with E-state index in [1.54, 1.807) is 0 Å². The molecular formula is C16H34O4. The molecule has 0 aliphatic carbocycles. The first-order chi connectivity index (χ1) is 9.40. The molecule has 0 heterocycles. The van der Waals surface area contributed by atoms with Gasteiger partial charge in [-0.1, -0.05) is 27.2 Å². The van der Waals surface area contributed by atoms with Crippen molar-refractivity contribution in [1.29, 1.82) is 0 Å². The summed E-state index contributed by atoms with van der Waals surface area (Å²) in [6.45, 7) is 13.6. The van der Waals surface area contributed by atoms with Gasteiger partial charge in [-0.25, -0.2) is 0 Å². The molecule has 0 radical (unpaired) electrons. The maximum atomic E-state index is 8.88. The van der Waals surface area contributed by atoms with Crippen LogP contribution in [0.3, 0.4) is 0 Å². The molecule has 0 aromatic carbocycles. The van der Waals surface area contributed by atoms with Crippen LogP contribution < -0.4 is 0 Å². The lowest BCUT2D eigenvalue weighted by Crippen LogP contribution is -2.30. The summed E-state index contributed by atoms with van der Waals surface area (Å²) in [5.74, 6) is 0.531. The van der Waals surface area contributed by atoms with Crippen molar-refractivity contribution in [3.8, 4) is 0 Å². The molecule has 1 N–H and O–H groups in total. The standard InChI is InChI=1S/C16H34O4/c1-7-8-16(12(2)3)20-15(6)11-19-14(5)10-18-13(4)9-17/h12-17H,7-11H2,1-6H3. The predicted molar refractivity (Wildman–Crippen MR) is 82.0 cm³/mol. The summed E-state index contributed by atoms with van der Waals surface area (Å²) in [6, 6.07) is 0. The number of aliphatic hydroxyl groups excluding tert-OH is 1. The molecule has 20 heavy (non-hydrogen) atoms. The number of hydrogen-bond donors (Lipinski definition) is 1. The van der Waals surface area contributed by atoms with Crippen LogP contribution in [-0.2, 0) is 14.2 Å². The van der Waals surface area contributed by atoms with E-state index in [1.165, 1.54) is 0 Å². The van der Waals surface area contributed by atoms with E-state index < -0.39 is 0 Å². The maximum Gasteiger partial charge on any atom is 0.0784 e. The van der Waals surface area contributed by atoms with Crippen molar-refractivity contribution in [2.45, 2.75) is 78.8 Å². The number of rotatable bonds is 12. The minimum Gasteiger partial charge on any atom is -0.394 e. The Labute approximate surface area is 124 Å². The Balaban J connectivity index is 3.87. The van der Waals surface area contributed by atoms with E-state index >= 15 is 0 Å². The molecule has 0 bridgehead atoms. The number of aliphatic hydroxyl groups is 1. The second kappa shape index (κ2) is 11.5. The highest BCUT2D eigenvalue weighted by atomic mass is 16.6. The third kappa shape index (κ3) is 9.70. The van der Waals surface area contributed by atoms with Gasteiger partial charge in [-0.15, -0.1) is 0 Å². The third-order valence-corrected chi connectivity index (χ3v) is 3.21. The van der Waals surface area contributed by atoms with E-state index in [9.17, 15) is 0 Å². The zero-order chi connectivity index (χ0) is 15.5. The van der Waals surface area contributed by atoms with Gasteiger partial charge in [-0.2, -0.15) is 0 Å². The highest BCUT2D eigenvalue weighted by Crippen LogP contribution is 2.15. The van der Waals surface area contributed by atoms with E-state index in [0.717, 1.165) is 12.8 Å². The van der Waals surface area contributed by atoms with Crippen LogP contribution in [0.15, 0.2) is 0 Å². The predicted octanol–water partition coefficient (Wildman–Crippen LogP) is 3.02. The van der Waals surface area contributed by atoms with Crippen LogP contribution in [0.4, 0.5) is 0 Å². The van der Waals surface area contributed by atoms with E-state index in [-0.39, 0.29) is 24.9 Å². The maximum absolute atomic E-state index is 8.88. The van der Waals surface area contributed by atoms with Gasteiger partial charge in [0, 0.05) is 0 Å². The average molecular weight is 290 g/mol. The molecule has 0 rings (SSSR count). The van der Waals surface area contributed by atoms with Crippen LogP contribution >= 0.6 is 0 Å². The van der Waals surface area contributed by atoms with Crippen LogP contribution in [0.1, 0.15) is 54.4 Å². The Morgan fingerprint density at radius 2 is 1.40 bits per heavy atom. The summed E-state index contributed by atoms with van der Waals surface area (Å²) in [5.41, 5.74) is 0. The fraction of sp³-hybridized carbons (Fsp3) is 1.00. The molecule has 0 amide bonds. The van der Waals surface area contributed by atoms with Crippen LogP contribution in [0, 0.1) is 5.92 Å². The van der Waals surface area contributed by atoms with Crippen molar-refractivity contribution in [3.05, 3.63) is 0 Å². The lowest BCUT2D eigenvalue weighted by Gasteiger charge is -2.26. The second-order valence-electron chi connectivity index (χ2n) is 5.99. The average Bonchev–Trinajstić information content (AvgIpc) is 2.41.